The van der Waals surface area contributed by atoms with Crippen LogP contribution in [-0.4, -0.2) is 14.8 Å². The van der Waals surface area contributed by atoms with E-state index in [2.05, 4.69) is 36.2 Å². The number of hydrogen-bond acceptors (Lipinski definition) is 4. The molecule has 0 fully saturated rings. The molecule has 0 bridgehead atoms. The second-order valence-electron chi connectivity index (χ2n) is 5.69. The van der Waals surface area contributed by atoms with Crippen molar-refractivity contribution in [2.75, 3.05) is 0 Å². The molecule has 2 heterocycles. The van der Waals surface area contributed by atoms with Crippen LogP contribution in [0, 0.1) is 13.8 Å². The molecule has 2 aromatic heterocycles. The van der Waals surface area contributed by atoms with Crippen molar-refractivity contribution < 1.29 is 0 Å². The van der Waals surface area contributed by atoms with Gasteiger partial charge < -0.3 is 5.32 Å². The van der Waals surface area contributed by atoms with E-state index in [-0.39, 0.29) is 0 Å². The smallest absolute Gasteiger partial charge is 0.0900 e. The van der Waals surface area contributed by atoms with Gasteiger partial charge in [-0.25, -0.2) is 4.98 Å². The minimum atomic E-state index is 0.345. The summed E-state index contributed by atoms with van der Waals surface area (Å²) in [5.41, 5.74) is 3.93. The molecule has 0 saturated carbocycles. The van der Waals surface area contributed by atoms with E-state index in [0.717, 1.165) is 17.1 Å². The summed E-state index contributed by atoms with van der Waals surface area (Å²) in [5.74, 6) is 0. The van der Waals surface area contributed by atoms with Crippen LogP contribution in [0.15, 0.2) is 6.20 Å². The lowest BCUT2D eigenvalue weighted by Crippen LogP contribution is -2.27. The monoisotopic (exact) mass is 290 g/mol. The third kappa shape index (κ3) is 2.40. The maximum Gasteiger partial charge on any atom is 0.0900 e. The Morgan fingerprint density at radius 1 is 1.45 bits per heavy atom. The highest BCUT2D eigenvalue weighted by Crippen LogP contribution is 2.33. The highest BCUT2D eigenvalue weighted by Gasteiger charge is 2.25. The molecule has 20 heavy (non-hydrogen) atoms. The first-order valence-electron chi connectivity index (χ1n) is 7.27. The van der Waals surface area contributed by atoms with Crippen LogP contribution >= 0.6 is 11.3 Å². The van der Waals surface area contributed by atoms with Crippen molar-refractivity contribution >= 4 is 11.3 Å². The van der Waals surface area contributed by atoms with Gasteiger partial charge in [0.2, 0.25) is 0 Å². The normalized spacial score (nSPS) is 19.9. The molecule has 0 radical (unpaired) electrons. The van der Waals surface area contributed by atoms with Gasteiger partial charge in [-0.3, -0.25) is 4.68 Å². The van der Waals surface area contributed by atoms with Crippen LogP contribution in [0.2, 0.25) is 0 Å². The lowest BCUT2D eigenvalue weighted by atomic mass is 9.92. The van der Waals surface area contributed by atoms with Gasteiger partial charge >= 0.3 is 0 Å². The van der Waals surface area contributed by atoms with E-state index in [0.29, 0.717) is 12.1 Å². The zero-order valence-electron chi connectivity index (χ0n) is 12.6. The molecule has 0 amide bonds. The summed E-state index contributed by atoms with van der Waals surface area (Å²) in [6.07, 6.45) is 5.61. The third-order valence-electron chi connectivity index (χ3n) is 4.16. The molecule has 0 spiro atoms. The summed E-state index contributed by atoms with van der Waals surface area (Å²) in [4.78, 5) is 5.90. The second kappa shape index (κ2) is 5.30. The van der Waals surface area contributed by atoms with Gasteiger partial charge in [-0.1, -0.05) is 0 Å². The standard InChI is InChI=1S/C15H22N4S/c1-9-15(20-11(3)17-9)10(2)18-13-6-5-7-14-12(13)8-16-19(14)4/h8,10,13,18H,5-7H2,1-4H3. The van der Waals surface area contributed by atoms with E-state index in [1.165, 1.54) is 29.0 Å². The van der Waals surface area contributed by atoms with E-state index < -0.39 is 0 Å². The van der Waals surface area contributed by atoms with Crippen LogP contribution < -0.4 is 5.32 Å². The number of hydrogen-bond donors (Lipinski definition) is 1. The summed E-state index contributed by atoms with van der Waals surface area (Å²) in [6, 6.07) is 0.765. The quantitative estimate of drug-likeness (QED) is 0.944. The molecule has 108 valence electrons. The summed E-state index contributed by atoms with van der Waals surface area (Å²) < 4.78 is 2.02. The SMILES string of the molecule is Cc1nc(C)c(C(C)NC2CCCc3c2cnn3C)s1. The molecule has 2 unspecified atom stereocenters. The third-order valence-corrected chi connectivity index (χ3v) is 5.42. The molecule has 0 aliphatic heterocycles. The Bertz CT molecular complexity index is 613. The number of nitrogens with one attached hydrogen (secondary N) is 1. The van der Waals surface area contributed by atoms with Crippen LogP contribution in [0.3, 0.4) is 0 Å². The number of thiazole rings is 1. The highest BCUT2D eigenvalue weighted by molar-refractivity contribution is 7.11. The summed E-state index contributed by atoms with van der Waals surface area (Å²) in [6.45, 7) is 6.42. The van der Waals surface area contributed by atoms with Crippen molar-refractivity contribution in [1.29, 1.82) is 0 Å². The largest absolute Gasteiger partial charge is 0.302 e. The number of nitrogens with zero attached hydrogens (tertiary/aromatic N) is 3. The fraction of sp³-hybridized carbons (Fsp3) is 0.600. The first-order chi connectivity index (χ1) is 9.56. The van der Waals surface area contributed by atoms with Gasteiger partial charge in [0.1, 0.15) is 0 Å². The fourth-order valence-electron chi connectivity index (χ4n) is 3.21. The van der Waals surface area contributed by atoms with Crippen molar-refractivity contribution in [2.45, 2.75) is 52.1 Å². The lowest BCUT2D eigenvalue weighted by molar-refractivity contribution is 0.413. The first kappa shape index (κ1) is 13.8. The summed E-state index contributed by atoms with van der Waals surface area (Å²) in [7, 11) is 2.04. The van der Waals surface area contributed by atoms with Crippen molar-refractivity contribution in [2.24, 2.45) is 7.05 Å². The van der Waals surface area contributed by atoms with E-state index in [9.17, 15) is 0 Å². The molecule has 0 aromatic carbocycles. The van der Waals surface area contributed by atoms with Gasteiger partial charge in [0, 0.05) is 35.3 Å². The van der Waals surface area contributed by atoms with Gasteiger partial charge in [-0.2, -0.15) is 5.10 Å². The van der Waals surface area contributed by atoms with Crippen LogP contribution in [0.25, 0.3) is 0 Å². The molecule has 5 heteroatoms. The van der Waals surface area contributed by atoms with E-state index in [1.807, 2.05) is 17.9 Å². The van der Waals surface area contributed by atoms with Crippen molar-refractivity contribution in [3.63, 3.8) is 0 Å². The number of fused-ring (bicyclic) bond motifs is 1. The molecule has 4 nitrogen and oxygen atoms in total. The zero-order valence-corrected chi connectivity index (χ0v) is 13.4. The summed E-state index contributed by atoms with van der Waals surface area (Å²) in [5, 5.41) is 9.34. The predicted molar refractivity (Wildman–Crippen MR) is 82.0 cm³/mol. The Morgan fingerprint density at radius 2 is 2.25 bits per heavy atom. The van der Waals surface area contributed by atoms with Crippen molar-refractivity contribution in [3.8, 4) is 0 Å². The fourth-order valence-corrected chi connectivity index (χ4v) is 4.14. The Kier molecular flexibility index (Phi) is 3.65. The van der Waals surface area contributed by atoms with Gasteiger partial charge in [0.15, 0.2) is 0 Å². The van der Waals surface area contributed by atoms with Crippen LogP contribution in [0.4, 0.5) is 0 Å². The number of aromatic nitrogens is 3. The van der Waals surface area contributed by atoms with Gasteiger partial charge in [0.05, 0.1) is 16.9 Å². The Balaban J connectivity index is 1.80. The second-order valence-corrected chi connectivity index (χ2v) is 6.92. The molecule has 1 N–H and O–H groups in total. The minimum absolute atomic E-state index is 0.345. The van der Waals surface area contributed by atoms with E-state index in [4.69, 9.17) is 0 Å². The topological polar surface area (TPSA) is 42.7 Å². The van der Waals surface area contributed by atoms with Crippen LogP contribution in [0.5, 0.6) is 0 Å². The molecule has 0 saturated heterocycles. The van der Waals surface area contributed by atoms with Gasteiger partial charge in [0.25, 0.3) is 0 Å². The molecule has 1 aliphatic carbocycles. The molecule has 1 aliphatic rings. The maximum atomic E-state index is 4.54. The minimum Gasteiger partial charge on any atom is -0.302 e. The van der Waals surface area contributed by atoms with Crippen LogP contribution in [0.1, 0.15) is 58.7 Å². The van der Waals surface area contributed by atoms with Gasteiger partial charge in [-0.15, -0.1) is 11.3 Å². The van der Waals surface area contributed by atoms with E-state index in [1.54, 1.807) is 11.3 Å². The average molecular weight is 290 g/mol. The zero-order chi connectivity index (χ0) is 14.3. The molecule has 2 atom stereocenters. The number of aryl methyl sites for hydroxylation is 3. The van der Waals surface area contributed by atoms with Crippen LogP contribution in [-0.2, 0) is 13.5 Å². The van der Waals surface area contributed by atoms with Gasteiger partial charge in [-0.05, 0) is 40.0 Å². The highest BCUT2D eigenvalue weighted by atomic mass is 32.1. The lowest BCUT2D eigenvalue weighted by Gasteiger charge is -2.27. The molecule has 3 rings (SSSR count). The first-order valence-corrected chi connectivity index (χ1v) is 8.08. The molecular formula is C15H22N4S. The van der Waals surface area contributed by atoms with E-state index >= 15 is 0 Å². The maximum absolute atomic E-state index is 4.54. The Labute approximate surface area is 124 Å². The van der Waals surface area contributed by atoms with Crippen molar-refractivity contribution in [1.82, 2.24) is 20.1 Å². The number of rotatable bonds is 3. The average Bonchev–Trinajstić information content (AvgIpc) is 2.94. The molecular weight excluding hydrogens is 268 g/mol. The van der Waals surface area contributed by atoms with Crippen molar-refractivity contribution in [3.05, 3.63) is 33.0 Å². The Morgan fingerprint density at radius 3 is 2.95 bits per heavy atom. The molecule has 2 aromatic rings. The summed E-state index contributed by atoms with van der Waals surface area (Å²) >= 11 is 1.80. The predicted octanol–water partition coefficient (Wildman–Crippen LogP) is 3.22. The Hall–Kier alpha value is -1.20.